The van der Waals surface area contributed by atoms with E-state index in [1.54, 1.807) is 0 Å². The molecule has 0 saturated carbocycles. The van der Waals surface area contributed by atoms with E-state index in [1.165, 1.54) is 11.1 Å². The zero-order chi connectivity index (χ0) is 15.8. The van der Waals surface area contributed by atoms with Gasteiger partial charge in [-0.25, -0.2) is 9.97 Å². The fourth-order valence-corrected chi connectivity index (χ4v) is 2.81. The van der Waals surface area contributed by atoms with Crippen LogP contribution in [0.4, 0.5) is 5.82 Å². The maximum atomic E-state index is 4.62. The van der Waals surface area contributed by atoms with Crippen molar-refractivity contribution in [2.45, 2.75) is 20.4 Å². The summed E-state index contributed by atoms with van der Waals surface area (Å²) in [6, 6.07) is 18.8. The molecule has 23 heavy (non-hydrogen) atoms. The molecule has 2 aromatic carbocycles. The Labute approximate surface area is 134 Å². The Morgan fingerprint density at radius 3 is 2.57 bits per heavy atom. The van der Waals surface area contributed by atoms with Crippen LogP contribution >= 0.6 is 0 Å². The van der Waals surface area contributed by atoms with Crippen LogP contribution < -0.4 is 5.32 Å². The first kappa shape index (κ1) is 13.8. The minimum Gasteiger partial charge on any atom is -0.367 e. The molecule has 0 spiro atoms. The lowest BCUT2D eigenvalue weighted by atomic mass is 10.1. The largest absolute Gasteiger partial charge is 0.367 e. The zero-order valence-electron chi connectivity index (χ0n) is 13.2. The van der Waals surface area contributed by atoms with Gasteiger partial charge in [-0.15, -0.1) is 0 Å². The monoisotopic (exact) mass is 302 g/mol. The number of hydrogen-bond acceptors (Lipinski definition) is 3. The molecule has 0 saturated heterocycles. The molecular weight excluding hydrogens is 284 g/mol. The van der Waals surface area contributed by atoms with Crippen molar-refractivity contribution < 1.29 is 0 Å². The summed E-state index contributed by atoms with van der Waals surface area (Å²) in [7, 11) is 0. The molecule has 0 bridgehead atoms. The van der Waals surface area contributed by atoms with E-state index >= 15 is 0 Å². The number of nitrogens with one attached hydrogen (secondary N) is 1. The van der Waals surface area contributed by atoms with E-state index in [0.717, 1.165) is 34.9 Å². The van der Waals surface area contributed by atoms with Crippen LogP contribution in [0.5, 0.6) is 0 Å². The van der Waals surface area contributed by atoms with Gasteiger partial charge in [0.25, 0.3) is 0 Å². The quantitative estimate of drug-likeness (QED) is 0.619. The standard InChI is InChI=1S/C19H18N4/c1-13-7-9-15(10-8-13)12-20-18-11-14(2)21-19-22-16-5-3-4-6-17(16)23(18)19/h3-11,20H,12H2,1-2H3. The molecule has 114 valence electrons. The SMILES string of the molecule is Cc1ccc(CNc2cc(C)nc3nc4ccccc4n23)cc1. The summed E-state index contributed by atoms with van der Waals surface area (Å²) in [5.41, 5.74) is 5.52. The number of aromatic nitrogens is 3. The molecule has 4 heteroatoms. The molecule has 0 atom stereocenters. The van der Waals surface area contributed by atoms with E-state index in [1.807, 2.05) is 25.1 Å². The number of hydrogen-bond donors (Lipinski definition) is 1. The van der Waals surface area contributed by atoms with Gasteiger partial charge < -0.3 is 5.32 Å². The topological polar surface area (TPSA) is 42.2 Å². The maximum absolute atomic E-state index is 4.62. The highest BCUT2D eigenvalue weighted by atomic mass is 15.2. The smallest absolute Gasteiger partial charge is 0.236 e. The third-order valence-electron chi connectivity index (χ3n) is 4.00. The van der Waals surface area contributed by atoms with E-state index in [2.05, 4.69) is 63.0 Å². The van der Waals surface area contributed by atoms with Crippen LogP contribution in [0.1, 0.15) is 16.8 Å². The number of anilines is 1. The van der Waals surface area contributed by atoms with Crippen LogP contribution in [0, 0.1) is 13.8 Å². The molecule has 0 fully saturated rings. The van der Waals surface area contributed by atoms with Crippen molar-refractivity contribution in [2.75, 3.05) is 5.32 Å². The fraction of sp³-hybridized carbons (Fsp3) is 0.158. The second kappa shape index (κ2) is 5.39. The van der Waals surface area contributed by atoms with E-state index in [4.69, 9.17) is 0 Å². The van der Waals surface area contributed by atoms with Crippen LogP contribution in [0.2, 0.25) is 0 Å². The highest BCUT2D eigenvalue weighted by molar-refractivity contribution is 5.81. The Balaban J connectivity index is 1.77. The molecule has 0 unspecified atom stereocenters. The van der Waals surface area contributed by atoms with Crippen molar-refractivity contribution in [3.05, 3.63) is 71.4 Å². The molecule has 0 aliphatic carbocycles. The summed E-state index contributed by atoms with van der Waals surface area (Å²) in [4.78, 5) is 9.17. The van der Waals surface area contributed by atoms with Crippen molar-refractivity contribution in [1.82, 2.24) is 14.4 Å². The maximum Gasteiger partial charge on any atom is 0.236 e. The van der Waals surface area contributed by atoms with Gasteiger partial charge in [0.2, 0.25) is 5.78 Å². The van der Waals surface area contributed by atoms with Gasteiger partial charge in [0.1, 0.15) is 5.82 Å². The normalized spacial score (nSPS) is 11.2. The van der Waals surface area contributed by atoms with Crippen molar-refractivity contribution in [1.29, 1.82) is 0 Å². The number of fused-ring (bicyclic) bond motifs is 3. The third-order valence-corrected chi connectivity index (χ3v) is 4.00. The van der Waals surface area contributed by atoms with Crippen molar-refractivity contribution in [2.24, 2.45) is 0 Å². The Bertz CT molecular complexity index is 984. The highest BCUT2D eigenvalue weighted by Crippen LogP contribution is 2.21. The van der Waals surface area contributed by atoms with E-state index in [-0.39, 0.29) is 0 Å². The summed E-state index contributed by atoms with van der Waals surface area (Å²) in [5.74, 6) is 1.75. The third kappa shape index (κ3) is 2.52. The average molecular weight is 302 g/mol. The number of aryl methyl sites for hydroxylation is 2. The average Bonchev–Trinajstić information content (AvgIpc) is 2.92. The van der Waals surface area contributed by atoms with E-state index < -0.39 is 0 Å². The van der Waals surface area contributed by atoms with Gasteiger partial charge >= 0.3 is 0 Å². The molecule has 4 nitrogen and oxygen atoms in total. The number of nitrogens with zero attached hydrogens (tertiary/aromatic N) is 3. The van der Waals surface area contributed by atoms with Gasteiger partial charge in [0.15, 0.2) is 0 Å². The molecule has 4 aromatic rings. The number of benzene rings is 2. The van der Waals surface area contributed by atoms with Gasteiger partial charge in [0.05, 0.1) is 11.0 Å². The summed E-state index contributed by atoms with van der Waals surface area (Å²) in [6.07, 6.45) is 0. The van der Waals surface area contributed by atoms with Crippen molar-refractivity contribution in [3.63, 3.8) is 0 Å². The molecule has 2 aromatic heterocycles. The lowest BCUT2D eigenvalue weighted by Gasteiger charge is -2.11. The number of para-hydroxylation sites is 2. The molecule has 0 aliphatic heterocycles. The highest BCUT2D eigenvalue weighted by Gasteiger charge is 2.10. The predicted molar refractivity (Wildman–Crippen MR) is 93.7 cm³/mol. The Kier molecular flexibility index (Phi) is 3.23. The molecule has 0 radical (unpaired) electrons. The van der Waals surface area contributed by atoms with Crippen LogP contribution in [0.25, 0.3) is 16.8 Å². The molecule has 1 N–H and O–H groups in total. The zero-order valence-corrected chi connectivity index (χ0v) is 13.2. The van der Waals surface area contributed by atoms with Gasteiger partial charge in [-0.2, -0.15) is 0 Å². The summed E-state index contributed by atoms with van der Waals surface area (Å²) in [6.45, 7) is 4.87. The van der Waals surface area contributed by atoms with Crippen LogP contribution in [-0.4, -0.2) is 14.4 Å². The second-order valence-electron chi connectivity index (χ2n) is 5.86. The summed E-state index contributed by atoms with van der Waals surface area (Å²) < 4.78 is 2.08. The molecule has 0 amide bonds. The molecular formula is C19H18N4. The van der Waals surface area contributed by atoms with Crippen LogP contribution in [0.3, 0.4) is 0 Å². The predicted octanol–water partition coefficient (Wildman–Crippen LogP) is 4.11. The first-order valence-electron chi connectivity index (χ1n) is 7.75. The number of rotatable bonds is 3. The minimum atomic E-state index is 0.734. The van der Waals surface area contributed by atoms with Gasteiger partial charge in [0, 0.05) is 18.3 Å². The molecule has 0 aliphatic rings. The molecule has 4 rings (SSSR count). The van der Waals surface area contributed by atoms with Crippen LogP contribution in [0.15, 0.2) is 54.6 Å². The summed E-state index contributed by atoms with van der Waals surface area (Å²) >= 11 is 0. The van der Waals surface area contributed by atoms with Crippen molar-refractivity contribution in [3.8, 4) is 0 Å². The van der Waals surface area contributed by atoms with Crippen LogP contribution in [-0.2, 0) is 6.54 Å². The van der Waals surface area contributed by atoms with Gasteiger partial charge in [-0.3, -0.25) is 4.40 Å². The lowest BCUT2D eigenvalue weighted by molar-refractivity contribution is 1.04. The number of imidazole rings is 1. The lowest BCUT2D eigenvalue weighted by Crippen LogP contribution is -2.06. The molecule has 2 heterocycles. The second-order valence-corrected chi connectivity index (χ2v) is 5.86. The van der Waals surface area contributed by atoms with Crippen molar-refractivity contribution >= 4 is 22.6 Å². The first-order chi connectivity index (χ1) is 11.2. The first-order valence-corrected chi connectivity index (χ1v) is 7.75. The van der Waals surface area contributed by atoms with E-state index in [0.29, 0.717) is 0 Å². The Hall–Kier alpha value is -2.88. The Morgan fingerprint density at radius 2 is 1.74 bits per heavy atom. The minimum absolute atomic E-state index is 0.734. The van der Waals surface area contributed by atoms with Gasteiger partial charge in [-0.05, 0) is 31.5 Å². The fourth-order valence-electron chi connectivity index (χ4n) is 2.81. The Morgan fingerprint density at radius 1 is 0.957 bits per heavy atom. The van der Waals surface area contributed by atoms with Gasteiger partial charge in [-0.1, -0.05) is 42.0 Å². The van der Waals surface area contributed by atoms with E-state index in [9.17, 15) is 0 Å². The summed E-state index contributed by atoms with van der Waals surface area (Å²) in [5, 5.41) is 3.53.